The fourth-order valence-electron chi connectivity index (χ4n) is 2.52. The molecule has 5 heteroatoms. The number of hydrogen-bond acceptors (Lipinski definition) is 5. The number of ether oxygens (including phenoxy) is 1. The van der Waals surface area contributed by atoms with Crippen molar-refractivity contribution in [2.24, 2.45) is 0 Å². The minimum atomic E-state index is 0.343. The highest BCUT2D eigenvalue weighted by atomic mass is 32.2. The van der Waals surface area contributed by atoms with Gasteiger partial charge in [0.25, 0.3) is 0 Å². The number of hydrogen-bond donors (Lipinski definition) is 1. The van der Waals surface area contributed by atoms with Crippen molar-refractivity contribution in [2.75, 3.05) is 18.9 Å². The number of thioether (sulfide) groups is 2. The van der Waals surface area contributed by atoms with E-state index in [1.54, 1.807) is 6.20 Å². The lowest BCUT2D eigenvalue weighted by Gasteiger charge is -2.36. The second-order valence-corrected chi connectivity index (χ2v) is 8.37. The van der Waals surface area contributed by atoms with Gasteiger partial charge in [-0.05, 0) is 25.1 Å². The van der Waals surface area contributed by atoms with E-state index in [9.17, 15) is 0 Å². The van der Waals surface area contributed by atoms with E-state index in [2.05, 4.69) is 60.7 Å². The third-order valence-electron chi connectivity index (χ3n) is 3.77. The van der Waals surface area contributed by atoms with Crippen LogP contribution in [0.1, 0.15) is 39.3 Å². The highest BCUT2D eigenvalue weighted by Crippen LogP contribution is 2.41. The molecule has 0 radical (unpaired) electrons. The molecule has 1 aromatic heterocycles. The van der Waals surface area contributed by atoms with E-state index in [1.165, 1.54) is 11.3 Å². The Morgan fingerprint density at radius 3 is 2.81 bits per heavy atom. The molecular weight excluding hydrogens is 300 g/mol. The maximum absolute atomic E-state index is 5.60. The van der Waals surface area contributed by atoms with Gasteiger partial charge in [-0.15, -0.1) is 0 Å². The van der Waals surface area contributed by atoms with Crippen LogP contribution in [0.25, 0.3) is 0 Å². The first-order valence-corrected chi connectivity index (χ1v) is 9.73. The zero-order chi connectivity index (χ0) is 15.2. The SMILES string of the molecule is CCNC(c1cncc(OCC)c1)C1CSC(C)C(C)S1. The Morgan fingerprint density at radius 1 is 1.33 bits per heavy atom. The molecule has 1 fully saturated rings. The van der Waals surface area contributed by atoms with Crippen molar-refractivity contribution in [3.05, 3.63) is 24.0 Å². The molecule has 1 N–H and O–H groups in total. The molecule has 0 saturated carbocycles. The van der Waals surface area contributed by atoms with Gasteiger partial charge in [0.05, 0.1) is 12.8 Å². The number of aromatic nitrogens is 1. The van der Waals surface area contributed by atoms with E-state index in [0.29, 0.717) is 23.1 Å². The number of pyridine rings is 1. The Kier molecular flexibility index (Phi) is 6.71. The lowest BCUT2D eigenvalue weighted by molar-refractivity contribution is 0.338. The molecule has 0 aromatic carbocycles. The van der Waals surface area contributed by atoms with Crippen LogP contribution >= 0.6 is 23.5 Å². The molecule has 21 heavy (non-hydrogen) atoms. The van der Waals surface area contributed by atoms with Crippen molar-refractivity contribution in [3.63, 3.8) is 0 Å². The van der Waals surface area contributed by atoms with Gasteiger partial charge < -0.3 is 10.1 Å². The number of nitrogens with zero attached hydrogens (tertiary/aromatic N) is 1. The molecule has 0 amide bonds. The van der Waals surface area contributed by atoms with E-state index in [0.717, 1.165) is 17.5 Å². The third kappa shape index (κ3) is 4.54. The quantitative estimate of drug-likeness (QED) is 0.861. The van der Waals surface area contributed by atoms with Crippen LogP contribution in [-0.4, -0.2) is 39.6 Å². The van der Waals surface area contributed by atoms with E-state index in [1.807, 2.05) is 13.1 Å². The van der Waals surface area contributed by atoms with Gasteiger partial charge in [-0.2, -0.15) is 23.5 Å². The molecule has 2 heterocycles. The van der Waals surface area contributed by atoms with Gasteiger partial charge in [0.2, 0.25) is 0 Å². The van der Waals surface area contributed by atoms with Crippen LogP contribution in [0.5, 0.6) is 5.75 Å². The van der Waals surface area contributed by atoms with Crippen LogP contribution in [0.3, 0.4) is 0 Å². The predicted octanol–water partition coefficient (Wildman–Crippen LogP) is 3.76. The first kappa shape index (κ1) is 17.0. The summed E-state index contributed by atoms with van der Waals surface area (Å²) in [5, 5.41) is 5.66. The zero-order valence-electron chi connectivity index (χ0n) is 13.3. The van der Waals surface area contributed by atoms with Crippen LogP contribution < -0.4 is 10.1 Å². The Hall–Kier alpha value is -0.390. The molecule has 2 rings (SSSR count). The summed E-state index contributed by atoms with van der Waals surface area (Å²) in [7, 11) is 0. The van der Waals surface area contributed by atoms with E-state index in [-0.39, 0.29) is 0 Å². The molecule has 4 atom stereocenters. The van der Waals surface area contributed by atoms with Gasteiger partial charge in [-0.25, -0.2) is 0 Å². The van der Waals surface area contributed by atoms with Crippen LogP contribution in [0, 0.1) is 0 Å². The summed E-state index contributed by atoms with van der Waals surface area (Å²) in [6, 6.07) is 2.48. The second kappa shape index (κ2) is 8.30. The zero-order valence-corrected chi connectivity index (χ0v) is 15.0. The summed E-state index contributed by atoms with van der Waals surface area (Å²) in [6.45, 7) is 10.5. The summed E-state index contributed by atoms with van der Waals surface area (Å²) < 4.78 is 5.60. The molecule has 1 aromatic rings. The minimum Gasteiger partial charge on any atom is -0.492 e. The Balaban J connectivity index is 2.16. The van der Waals surface area contributed by atoms with Gasteiger partial charge in [-0.1, -0.05) is 20.8 Å². The van der Waals surface area contributed by atoms with Crippen LogP contribution in [0.4, 0.5) is 0 Å². The standard InChI is InChI=1S/C16H26N2OS2/c1-5-18-16(15-10-20-11(3)12(4)21-15)13-7-14(19-6-2)9-17-8-13/h7-9,11-12,15-16,18H,5-6,10H2,1-4H3. The molecule has 4 unspecified atom stereocenters. The largest absolute Gasteiger partial charge is 0.492 e. The Bertz CT molecular complexity index is 444. The molecular formula is C16H26N2OS2. The molecule has 3 nitrogen and oxygen atoms in total. The highest BCUT2D eigenvalue weighted by molar-refractivity contribution is 8.07. The smallest absolute Gasteiger partial charge is 0.137 e. The predicted molar refractivity (Wildman–Crippen MR) is 94.6 cm³/mol. The lowest BCUT2D eigenvalue weighted by atomic mass is 10.1. The molecule has 0 bridgehead atoms. The van der Waals surface area contributed by atoms with E-state index in [4.69, 9.17) is 4.74 Å². The summed E-state index contributed by atoms with van der Waals surface area (Å²) >= 11 is 4.19. The van der Waals surface area contributed by atoms with E-state index >= 15 is 0 Å². The molecule has 1 aliphatic heterocycles. The molecule has 1 aliphatic rings. The average Bonchev–Trinajstić information content (AvgIpc) is 2.48. The highest BCUT2D eigenvalue weighted by Gasteiger charge is 2.32. The average molecular weight is 327 g/mol. The fourth-order valence-corrected chi connectivity index (χ4v) is 5.64. The maximum Gasteiger partial charge on any atom is 0.137 e. The van der Waals surface area contributed by atoms with Crippen molar-refractivity contribution in [1.29, 1.82) is 0 Å². The molecule has 1 saturated heterocycles. The van der Waals surface area contributed by atoms with Crippen molar-refractivity contribution < 1.29 is 4.74 Å². The fraction of sp³-hybridized carbons (Fsp3) is 0.688. The van der Waals surface area contributed by atoms with Gasteiger partial charge in [0.1, 0.15) is 5.75 Å². The van der Waals surface area contributed by atoms with Crippen molar-refractivity contribution in [1.82, 2.24) is 10.3 Å². The van der Waals surface area contributed by atoms with Gasteiger partial charge in [0, 0.05) is 33.7 Å². The summed E-state index contributed by atoms with van der Waals surface area (Å²) in [5.74, 6) is 2.06. The maximum atomic E-state index is 5.60. The van der Waals surface area contributed by atoms with Crippen LogP contribution in [0.15, 0.2) is 18.5 Å². The number of nitrogens with one attached hydrogen (secondary N) is 1. The first-order chi connectivity index (χ1) is 10.2. The van der Waals surface area contributed by atoms with Crippen molar-refractivity contribution in [3.8, 4) is 5.75 Å². The summed E-state index contributed by atoms with van der Waals surface area (Å²) in [6.07, 6.45) is 3.77. The van der Waals surface area contributed by atoms with Crippen molar-refractivity contribution in [2.45, 2.75) is 49.5 Å². The topological polar surface area (TPSA) is 34.2 Å². The Labute approximate surface area is 137 Å². The normalized spacial score (nSPS) is 27.3. The first-order valence-electron chi connectivity index (χ1n) is 7.73. The lowest BCUT2D eigenvalue weighted by Crippen LogP contribution is -2.37. The second-order valence-electron chi connectivity index (χ2n) is 5.34. The van der Waals surface area contributed by atoms with Crippen LogP contribution in [0.2, 0.25) is 0 Å². The minimum absolute atomic E-state index is 0.343. The van der Waals surface area contributed by atoms with Gasteiger partial charge >= 0.3 is 0 Å². The van der Waals surface area contributed by atoms with E-state index < -0.39 is 0 Å². The summed E-state index contributed by atoms with van der Waals surface area (Å²) in [5.41, 5.74) is 1.24. The summed E-state index contributed by atoms with van der Waals surface area (Å²) in [4.78, 5) is 4.35. The van der Waals surface area contributed by atoms with Crippen molar-refractivity contribution >= 4 is 23.5 Å². The molecule has 0 aliphatic carbocycles. The monoisotopic (exact) mass is 326 g/mol. The van der Waals surface area contributed by atoms with Gasteiger partial charge in [-0.3, -0.25) is 4.98 Å². The molecule has 118 valence electrons. The van der Waals surface area contributed by atoms with Gasteiger partial charge in [0.15, 0.2) is 0 Å². The number of rotatable bonds is 6. The molecule has 0 spiro atoms. The van der Waals surface area contributed by atoms with Crippen LogP contribution in [-0.2, 0) is 0 Å². The third-order valence-corrected chi connectivity index (χ3v) is 7.27. The Morgan fingerprint density at radius 2 is 2.14 bits per heavy atom.